The number of ether oxygens (including phenoxy) is 1. The summed E-state index contributed by atoms with van der Waals surface area (Å²) in [5.41, 5.74) is 2.35. The lowest BCUT2D eigenvalue weighted by atomic mass is 10.0. The molecule has 2 aromatic rings. The summed E-state index contributed by atoms with van der Waals surface area (Å²) < 4.78 is 10.5. The van der Waals surface area contributed by atoms with E-state index in [0.29, 0.717) is 11.7 Å². The van der Waals surface area contributed by atoms with Crippen LogP contribution in [-0.4, -0.2) is 23.8 Å². The third-order valence-corrected chi connectivity index (χ3v) is 3.31. The molecule has 1 aliphatic rings. The van der Waals surface area contributed by atoms with Gasteiger partial charge in [0.1, 0.15) is 6.10 Å². The first kappa shape index (κ1) is 11.2. The molecule has 2 unspecified atom stereocenters. The molecule has 5 nitrogen and oxygen atoms in total. The van der Waals surface area contributed by atoms with Crippen molar-refractivity contribution in [1.82, 2.24) is 10.1 Å². The molecule has 2 heterocycles. The first-order valence-corrected chi connectivity index (χ1v) is 5.98. The highest BCUT2D eigenvalue weighted by Crippen LogP contribution is 2.35. The van der Waals surface area contributed by atoms with Crippen molar-refractivity contribution >= 4 is 5.69 Å². The monoisotopic (exact) mass is 245 g/mol. The van der Waals surface area contributed by atoms with Gasteiger partial charge in [0.25, 0.3) is 0 Å². The van der Waals surface area contributed by atoms with Crippen LogP contribution in [0.15, 0.2) is 28.8 Å². The Morgan fingerprint density at radius 2 is 2.28 bits per heavy atom. The maximum Gasteiger partial charge on any atom is 0.236 e. The minimum absolute atomic E-state index is 0.131. The van der Waals surface area contributed by atoms with Crippen molar-refractivity contribution in [3.8, 4) is 0 Å². The van der Waals surface area contributed by atoms with Gasteiger partial charge in [-0.15, -0.1) is 0 Å². The van der Waals surface area contributed by atoms with E-state index in [4.69, 9.17) is 9.26 Å². The van der Waals surface area contributed by atoms with Gasteiger partial charge in [-0.2, -0.15) is 4.98 Å². The van der Waals surface area contributed by atoms with Crippen molar-refractivity contribution in [1.29, 1.82) is 0 Å². The minimum atomic E-state index is -0.146. The molecule has 0 fully saturated rings. The number of fused-ring (bicyclic) bond motifs is 1. The molecule has 2 atom stereocenters. The Bertz CT molecular complexity index is 553. The molecule has 1 aliphatic heterocycles. The van der Waals surface area contributed by atoms with E-state index in [-0.39, 0.29) is 12.0 Å². The number of methoxy groups -OCH3 is 1. The largest absolute Gasteiger partial charge is 0.384 e. The van der Waals surface area contributed by atoms with Crippen LogP contribution in [-0.2, 0) is 4.74 Å². The Hall–Kier alpha value is -1.88. The van der Waals surface area contributed by atoms with Crippen molar-refractivity contribution in [3.63, 3.8) is 0 Å². The molecular formula is C13H15N3O2. The van der Waals surface area contributed by atoms with Crippen LogP contribution in [0, 0.1) is 0 Å². The van der Waals surface area contributed by atoms with E-state index < -0.39 is 0 Å². The fourth-order valence-electron chi connectivity index (χ4n) is 2.16. The third kappa shape index (κ3) is 1.76. The van der Waals surface area contributed by atoms with E-state index in [9.17, 15) is 0 Å². The first-order chi connectivity index (χ1) is 8.79. The molecule has 0 amide bonds. The summed E-state index contributed by atoms with van der Waals surface area (Å²) >= 11 is 0. The van der Waals surface area contributed by atoms with Crippen LogP contribution < -0.4 is 5.32 Å². The maximum atomic E-state index is 5.35. The molecule has 0 bridgehead atoms. The number of hydrogen-bond donors (Lipinski definition) is 1. The summed E-state index contributed by atoms with van der Waals surface area (Å²) in [5, 5.41) is 7.31. The van der Waals surface area contributed by atoms with Crippen molar-refractivity contribution in [2.24, 2.45) is 0 Å². The van der Waals surface area contributed by atoms with Crippen molar-refractivity contribution < 1.29 is 9.26 Å². The standard InChI is InChI=1S/C13H15N3O2/c1-8(17-2)12-15-13(18-16-12)10-7-14-11-6-4-3-5-9(10)11/h3-6,8,10,14H,7H2,1-2H3. The minimum Gasteiger partial charge on any atom is -0.384 e. The Labute approximate surface area is 105 Å². The Morgan fingerprint density at radius 3 is 3.11 bits per heavy atom. The first-order valence-electron chi connectivity index (χ1n) is 5.98. The van der Waals surface area contributed by atoms with Crippen LogP contribution in [0.4, 0.5) is 5.69 Å². The molecule has 1 aromatic carbocycles. The summed E-state index contributed by atoms with van der Waals surface area (Å²) in [6.45, 7) is 2.69. The van der Waals surface area contributed by atoms with Crippen LogP contribution >= 0.6 is 0 Å². The summed E-state index contributed by atoms with van der Waals surface area (Å²) in [6, 6.07) is 8.18. The van der Waals surface area contributed by atoms with E-state index in [1.54, 1.807) is 7.11 Å². The van der Waals surface area contributed by atoms with E-state index in [2.05, 4.69) is 27.6 Å². The topological polar surface area (TPSA) is 60.2 Å². The maximum absolute atomic E-state index is 5.35. The summed E-state index contributed by atoms with van der Waals surface area (Å²) in [5.74, 6) is 1.37. The molecule has 1 N–H and O–H groups in total. The van der Waals surface area contributed by atoms with Crippen LogP contribution in [0.2, 0.25) is 0 Å². The predicted octanol–water partition coefficient (Wildman–Crippen LogP) is 2.33. The molecule has 0 spiro atoms. The fraction of sp³-hybridized carbons (Fsp3) is 0.385. The van der Waals surface area contributed by atoms with Gasteiger partial charge in [0.2, 0.25) is 5.89 Å². The summed E-state index contributed by atoms with van der Waals surface area (Å²) in [7, 11) is 1.63. The quantitative estimate of drug-likeness (QED) is 0.899. The van der Waals surface area contributed by atoms with E-state index >= 15 is 0 Å². The molecule has 0 saturated carbocycles. The number of hydrogen-bond acceptors (Lipinski definition) is 5. The molecule has 3 rings (SSSR count). The van der Waals surface area contributed by atoms with Gasteiger partial charge in [0.15, 0.2) is 5.82 Å². The van der Waals surface area contributed by atoms with Crippen molar-refractivity contribution in [3.05, 3.63) is 41.5 Å². The highest BCUT2D eigenvalue weighted by molar-refractivity contribution is 5.59. The van der Waals surface area contributed by atoms with Gasteiger partial charge in [-0.05, 0) is 18.6 Å². The molecule has 1 aromatic heterocycles. The van der Waals surface area contributed by atoms with Gasteiger partial charge in [-0.3, -0.25) is 0 Å². The average molecular weight is 245 g/mol. The van der Waals surface area contributed by atoms with Gasteiger partial charge >= 0.3 is 0 Å². The second-order valence-electron chi connectivity index (χ2n) is 4.39. The van der Waals surface area contributed by atoms with Crippen LogP contribution in [0.3, 0.4) is 0 Å². The fourth-order valence-corrected chi connectivity index (χ4v) is 2.16. The highest BCUT2D eigenvalue weighted by Gasteiger charge is 2.28. The number of benzene rings is 1. The predicted molar refractivity (Wildman–Crippen MR) is 66.5 cm³/mol. The summed E-state index contributed by atoms with van der Waals surface area (Å²) in [6.07, 6.45) is -0.146. The SMILES string of the molecule is COC(C)c1noc(C2CNc3ccccc32)n1. The Morgan fingerprint density at radius 1 is 1.44 bits per heavy atom. The van der Waals surface area contributed by atoms with Crippen LogP contribution in [0.25, 0.3) is 0 Å². The Kier molecular flexibility index (Phi) is 2.76. The van der Waals surface area contributed by atoms with Crippen LogP contribution in [0.5, 0.6) is 0 Å². The van der Waals surface area contributed by atoms with E-state index in [1.165, 1.54) is 5.56 Å². The lowest BCUT2D eigenvalue weighted by molar-refractivity contribution is 0.109. The third-order valence-electron chi connectivity index (χ3n) is 3.31. The molecule has 0 aliphatic carbocycles. The average Bonchev–Trinajstić information content (AvgIpc) is 3.03. The highest BCUT2D eigenvalue weighted by atomic mass is 16.5. The molecule has 0 radical (unpaired) electrons. The lowest BCUT2D eigenvalue weighted by Gasteiger charge is -2.04. The molecule has 0 saturated heterocycles. The number of para-hydroxylation sites is 1. The second kappa shape index (κ2) is 4.42. The van der Waals surface area contributed by atoms with Gasteiger partial charge in [-0.25, -0.2) is 0 Å². The zero-order valence-corrected chi connectivity index (χ0v) is 10.4. The van der Waals surface area contributed by atoms with Gasteiger partial charge in [-0.1, -0.05) is 23.4 Å². The zero-order valence-electron chi connectivity index (χ0n) is 10.4. The second-order valence-corrected chi connectivity index (χ2v) is 4.39. The Balaban J connectivity index is 1.91. The zero-order chi connectivity index (χ0) is 12.5. The molecular weight excluding hydrogens is 230 g/mol. The number of nitrogens with one attached hydrogen (secondary N) is 1. The molecule has 94 valence electrons. The number of rotatable bonds is 3. The summed E-state index contributed by atoms with van der Waals surface area (Å²) in [4.78, 5) is 4.42. The van der Waals surface area contributed by atoms with Gasteiger partial charge in [0, 0.05) is 19.3 Å². The van der Waals surface area contributed by atoms with Crippen molar-refractivity contribution in [2.45, 2.75) is 18.9 Å². The number of nitrogens with zero attached hydrogens (tertiary/aromatic N) is 2. The van der Waals surface area contributed by atoms with Crippen molar-refractivity contribution in [2.75, 3.05) is 19.0 Å². The molecule has 5 heteroatoms. The van der Waals surface area contributed by atoms with Gasteiger partial charge < -0.3 is 14.6 Å². The number of anilines is 1. The van der Waals surface area contributed by atoms with E-state index in [1.807, 2.05) is 19.1 Å². The van der Waals surface area contributed by atoms with Gasteiger partial charge in [0.05, 0.1) is 5.92 Å². The lowest BCUT2D eigenvalue weighted by Crippen LogP contribution is -2.05. The molecule has 18 heavy (non-hydrogen) atoms. The van der Waals surface area contributed by atoms with E-state index in [0.717, 1.165) is 12.2 Å². The number of aromatic nitrogens is 2. The normalized spacial score (nSPS) is 19.3. The van der Waals surface area contributed by atoms with Crippen LogP contribution in [0.1, 0.15) is 36.2 Å². The smallest absolute Gasteiger partial charge is 0.236 e.